The Labute approximate surface area is 140 Å². The maximum Gasteiger partial charge on any atom is 0.233 e. The van der Waals surface area contributed by atoms with Crippen molar-refractivity contribution in [2.75, 3.05) is 18.5 Å². The molecule has 2 amide bonds. The maximum absolute atomic E-state index is 13.2. The van der Waals surface area contributed by atoms with Gasteiger partial charge < -0.3 is 9.80 Å². The SMILES string of the molecule is CN1C(=O)C[C@@H](C(=O)N2CCc3ccccc32)[C@H]1c1ccnn1C. The van der Waals surface area contributed by atoms with Crippen LogP contribution in [0.3, 0.4) is 0 Å². The number of carbonyl (C=O) groups excluding carboxylic acids is 2. The van der Waals surface area contributed by atoms with Crippen LogP contribution in [0.25, 0.3) is 0 Å². The van der Waals surface area contributed by atoms with Crippen molar-refractivity contribution in [3.8, 4) is 0 Å². The van der Waals surface area contributed by atoms with E-state index < -0.39 is 0 Å². The molecule has 1 aromatic heterocycles. The number of nitrogens with zero attached hydrogens (tertiary/aromatic N) is 4. The second-order valence-electron chi connectivity index (χ2n) is 6.51. The van der Waals surface area contributed by atoms with Crippen molar-refractivity contribution >= 4 is 17.5 Å². The van der Waals surface area contributed by atoms with Crippen LogP contribution in [0.4, 0.5) is 5.69 Å². The fourth-order valence-electron chi connectivity index (χ4n) is 3.94. The van der Waals surface area contributed by atoms with E-state index >= 15 is 0 Å². The number of hydrogen-bond donors (Lipinski definition) is 0. The van der Waals surface area contributed by atoms with Crippen LogP contribution in [-0.2, 0) is 23.1 Å². The molecule has 24 heavy (non-hydrogen) atoms. The van der Waals surface area contributed by atoms with Gasteiger partial charge in [-0.05, 0) is 24.1 Å². The fraction of sp³-hybridized carbons (Fsp3) is 0.389. The summed E-state index contributed by atoms with van der Waals surface area (Å²) in [5.41, 5.74) is 3.07. The van der Waals surface area contributed by atoms with Crippen molar-refractivity contribution in [1.29, 1.82) is 0 Å². The van der Waals surface area contributed by atoms with Gasteiger partial charge in [0.15, 0.2) is 0 Å². The van der Waals surface area contributed by atoms with Crippen molar-refractivity contribution in [3.63, 3.8) is 0 Å². The highest BCUT2D eigenvalue weighted by molar-refractivity contribution is 6.01. The van der Waals surface area contributed by atoms with Gasteiger partial charge in [0, 0.05) is 38.9 Å². The molecule has 0 unspecified atom stereocenters. The van der Waals surface area contributed by atoms with Crippen LogP contribution in [0.2, 0.25) is 0 Å². The van der Waals surface area contributed by atoms with E-state index in [9.17, 15) is 9.59 Å². The summed E-state index contributed by atoms with van der Waals surface area (Å²) in [6.07, 6.45) is 2.83. The van der Waals surface area contributed by atoms with Crippen LogP contribution in [0.5, 0.6) is 0 Å². The number of aryl methyl sites for hydroxylation is 1. The Bertz CT molecular complexity index is 813. The molecule has 0 saturated carbocycles. The summed E-state index contributed by atoms with van der Waals surface area (Å²) >= 11 is 0. The van der Waals surface area contributed by atoms with E-state index in [1.807, 2.05) is 36.2 Å². The van der Waals surface area contributed by atoms with Crippen LogP contribution in [-0.4, -0.2) is 40.1 Å². The number of benzene rings is 1. The largest absolute Gasteiger partial charge is 0.336 e. The first-order valence-corrected chi connectivity index (χ1v) is 8.21. The molecule has 2 aromatic rings. The minimum absolute atomic E-state index is 0.00651. The highest BCUT2D eigenvalue weighted by atomic mass is 16.2. The molecule has 2 atom stereocenters. The molecule has 2 aliphatic rings. The van der Waals surface area contributed by atoms with Gasteiger partial charge in [0.2, 0.25) is 11.8 Å². The number of hydrogen-bond acceptors (Lipinski definition) is 3. The minimum Gasteiger partial charge on any atom is -0.336 e. The Morgan fingerprint density at radius 1 is 1.21 bits per heavy atom. The topological polar surface area (TPSA) is 58.4 Å². The number of amides is 2. The Kier molecular flexibility index (Phi) is 3.40. The number of aromatic nitrogens is 2. The third-order valence-corrected chi connectivity index (χ3v) is 5.22. The highest BCUT2D eigenvalue weighted by Gasteiger charge is 2.46. The van der Waals surface area contributed by atoms with Crippen molar-refractivity contribution in [2.45, 2.75) is 18.9 Å². The molecule has 124 valence electrons. The van der Waals surface area contributed by atoms with Gasteiger partial charge in [-0.3, -0.25) is 14.3 Å². The van der Waals surface area contributed by atoms with Gasteiger partial charge in [-0.25, -0.2) is 0 Å². The Hall–Kier alpha value is -2.63. The average molecular weight is 324 g/mol. The number of para-hydroxylation sites is 1. The first-order chi connectivity index (χ1) is 11.6. The predicted octanol–water partition coefficient (Wildman–Crippen LogP) is 1.53. The molecule has 1 saturated heterocycles. The molecule has 3 heterocycles. The summed E-state index contributed by atoms with van der Waals surface area (Å²) in [6.45, 7) is 0.685. The normalized spacial score (nSPS) is 23.0. The maximum atomic E-state index is 13.2. The van der Waals surface area contributed by atoms with Gasteiger partial charge in [0.25, 0.3) is 0 Å². The second kappa shape index (κ2) is 5.47. The Morgan fingerprint density at radius 3 is 2.75 bits per heavy atom. The van der Waals surface area contributed by atoms with Crippen molar-refractivity contribution in [1.82, 2.24) is 14.7 Å². The van der Waals surface area contributed by atoms with Crippen LogP contribution in [0.1, 0.15) is 23.7 Å². The number of anilines is 1. The van der Waals surface area contributed by atoms with Crippen LogP contribution < -0.4 is 4.90 Å². The quantitative estimate of drug-likeness (QED) is 0.842. The number of carbonyl (C=O) groups is 2. The number of fused-ring (bicyclic) bond motifs is 1. The Balaban J connectivity index is 1.69. The summed E-state index contributed by atoms with van der Waals surface area (Å²) in [5.74, 6) is -0.333. The summed E-state index contributed by atoms with van der Waals surface area (Å²) in [4.78, 5) is 29.1. The molecule has 4 rings (SSSR count). The standard InChI is InChI=1S/C18H20N4O2/c1-20-16(23)11-13(17(20)15-7-9-19-21(15)2)18(24)22-10-8-12-5-3-4-6-14(12)22/h3-7,9,13,17H,8,10-11H2,1-2H3/t13-,17+/m1/s1. The summed E-state index contributed by atoms with van der Waals surface area (Å²) in [5, 5.41) is 4.20. The third-order valence-electron chi connectivity index (χ3n) is 5.22. The van der Waals surface area contributed by atoms with Gasteiger partial charge in [0.1, 0.15) is 0 Å². The molecule has 0 N–H and O–H groups in total. The molecule has 0 spiro atoms. The van der Waals surface area contributed by atoms with Crippen molar-refractivity contribution < 1.29 is 9.59 Å². The lowest BCUT2D eigenvalue weighted by atomic mass is 9.95. The number of rotatable bonds is 2. The molecule has 0 bridgehead atoms. The van der Waals surface area contributed by atoms with E-state index in [-0.39, 0.29) is 30.2 Å². The zero-order valence-electron chi connectivity index (χ0n) is 13.8. The third kappa shape index (κ3) is 2.13. The van der Waals surface area contributed by atoms with Crippen molar-refractivity contribution in [3.05, 3.63) is 47.8 Å². The molecule has 6 heteroatoms. The van der Waals surface area contributed by atoms with Gasteiger partial charge in [-0.1, -0.05) is 18.2 Å². The second-order valence-corrected chi connectivity index (χ2v) is 6.51. The van der Waals surface area contributed by atoms with Gasteiger partial charge in [-0.15, -0.1) is 0 Å². The van der Waals surface area contributed by atoms with E-state index in [4.69, 9.17) is 0 Å². The first kappa shape index (κ1) is 14.9. The van der Waals surface area contributed by atoms with E-state index in [1.54, 1.807) is 22.8 Å². The van der Waals surface area contributed by atoms with Gasteiger partial charge >= 0.3 is 0 Å². The lowest BCUT2D eigenvalue weighted by molar-refractivity contribution is -0.128. The van der Waals surface area contributed by atoms with Crippen LogP contribution in [0.15, 0.2) is 36.5 Å². The average Bonchev–Trinajstić information content (AvgIpc) is 3.26. The zero-order valence-corrected chi connectivity index (χ0v) is 13.8. The molecule has 2 aliphatic heterocycles. The lowest BCUT2D eigenvalue weighted by Crippen LogP contribution is -2.38. The van der Waals surface area contributed by atoms with Gasteiger partial charge in [0.05, 0.1) is 17.7 Å². The van der Waals surface area contributed by atoms with Crippen molar-refractivity contribution in [2.24, 2.45) is 13.0 Å². The van der Waals surface area contributed by atoms with Crippen LogP contribution >= 0.6 is 0 Å². The highest BCUT2D eigenvalue weighted by Crippen LogP contribution is 2.40. The molecule has 0 radical (unpaired) electrons. The monoisotopic (exact) mass is 324 g/mol. The molecule has 0 aliphatic carbocycles. The van der Waals surface area contributed by atoms with E-state index in [2.05, 4.69) is 11.2 Å². The molecule has 6 nitrogen and oxygen atoms in total. The first-order valence-electron chi connectivity index (χ1n) is 8.21. The summed E-state index contributed by atoms with van der Waals surface area (Å²) in [6, 6.07) is 9.63. The molecular formula is C18H20N4O2. The smallest absolute Gasteiger partial charge is 0.233 e. The summed E-state index contributed by atoms with van der Waals surface area (Å²) < 4.78 is 1.75. The zero-order chi connectivity index (χ0) is 16.8. The van der Waals surface area contributed by atoms with E-state index in [0.717, 1.165) is 17.8 Å². The predicted molar refractivity (Wildman–Crippen MR) is 89.3 cm³/mol. The Morgan fingerprint density at radius 2 is 2.00 bits per heavy atom. The minimum atomic E-state index is -0.371. The molecule has 1 aromatic carbocycles. The van der Waals surface area contributed by atoms with E-state index in [1.165, 1.54) is 5.56 Å². The van der Waals surface area contributed by atoms with E-state index in [0.29, 0.717) is 6.54 Å². The lowest BCUT2D eigenvalue weighted by Gasteiger charge is -2.27. The van der Waals surface area contributed by atoms with Crippen LogP contribution in [0, 0.1) is 5.92 Å². The molecular weight excluding hydrogens is 304 g/mol. The summed E-state index contributed by atoms with van der Waals surface area (Å²) in [7, 11) is 3.61. The number of likely N-dealkylation sites (tertiary alicyclic amines) is 1. The van der Waals surface area contributed by atoms with Gasteiger partial charge in [-0.2, -0.15) is 5.10 Å². The fourth-order valence-corrected chi connectivity index (χ4v) is 3.94. The molecule has 1 fully saturated rings.